The van der Waals surface area contributed by atoms with Crippen molar-refractivity contribution in [3.05, 3.63) is 28.9 Å². The maximum absolute atomic E-state index is 10.7. The molecule has 92 valence electrons. The zero-order valence-electron chi connectivity index (χ0n) is 8.84. The average Bonchev–Trinajstić information content (AvgIpc) is 2.95. The molecule has 2 aromatic rings. The summed E-state index contributed by atoms with van der Waals surface area (Å²) in [4.78, 5) is 10.7. The molecular weight excluding hydrogens is 262 g/mol. The average molecular weight is 268 g/mol. The van der Waals surface area contributed by atoms with E-state index in [9.17, 15) is 4.79 Å². The van der Waals surface area contributed by atoms with Gasteiger partial charge in [0.1, 0.15) is 0 Å². The van der Waals surface area contributed by atoms with E-state index in [1.54, 1.807) is 12.1 Å². The van der Waals surface area contributed by atoms with Crippen LogP contribution in [0.4, 0.5) is 0 Å². The second-order valence-corrected chi connectivity index (χ2v) is 4.01. The fourth-order valence-corrected chi connectivity index (χ4v) is 1.87. The summed E-state index contributed by atoms with van der Waals surface area (Å²) in [5, 5.41) is 12.7. The van der Waals surface area contributed by atoms with E-state index in [4.69, 9.17) is 30.7 Å². The lowest BCUT2D eigenvalue weighted by Gasteiger charge is -2.02. The molecule has 0 saturated heterocycles. The first-order valence-electron chi connectivity index (χ1n) is 4.94. The minimum atomic E-state index is -1.17. The van der Waals surface area contributed by atoms with Crippen molar-refractivity contribution < 1.29 is 23.9 Å². The largest absolute Gasteiger partial charge is 0.476 e. The minimum absolute atomic E-state index is 0.0859. The van der Waals surface area contributed by atoms with Crippen LogP contribution in [0, 0.1) is 0 Å². The van der Waals surface area contributed by atoms with E-state index in [-0.39, 0.29) is 18.2 Å². The van der Waals surface area contributed by atoms with Crippen molar-refractivity contribution in [2.45, 2.75) is 0 Å². The van der Waals surface area contributed by atoms with Gasteiger partial charge in [0.05, 0.1) is 5.56 Å². The van der Waals surface area contributed by atoms with Crippen molar-refractivity contribution in [2.24, 2.45) is 0 Å². The molecule has 0 amide bonds. The number of rotatable bonds is 2. The summed E-state index contributed by atoms with van der Waals surface area (Å²) in [5.74, 6) is 0.0516. The summed E-state index contributed by atoms with van der Waals surface area (Å²) < 4.78 is 15.5. The summed E-state index contributed by atoms with van der Waals surface area (Å²) in [6, 6.07) is 4.51. The molecular formula is C11H6ClNO5. The predicted octanol–water partition coefficient (Wildman–Crippen LogP) is 2.42. The van der Waals surface area contributed by atoms with E-state index in [0.717, 1.165) is 0 Å². The molecule has 3 rings (SSSR count). The van der Waals surface area contributed by atoms with Crippen LogP contribution in [-0.2, 0) is 0 Å². The molecule has 0 radical (unpaired) electrons. The molecule has 1 aliphatic rings. The van der Waals surface area contributed by atoms with Crippen molar-refractivity contribution in [2.75, 3.05) is 6.79 Å². The van der Waals surface area contributed by atoms with E-state index in [1.165, 1.54) is 6.07 Å². The quantitative estimate of drug-likeness (QED) is 0.900. The Kier molecular flexibility index (Phi) is 2.38. The van der Waals surface area contributed by atoms with E-state index in [2.05, 4.69) is 5.16 Å². The topological polar surface area (TPSA) is 81.8 Å². The van der Waals surface area contributed by atoms with Crippen LogP contribution in [0.2, 0.25) is 5.02 Å². The Hall–Kier alpha value is -2.21. The van der Waals surface area contributed by atoms with Gasteiger partial charge in [0.15, 0.2) is 23.0 Å². The van der Waals surface area contributed by atoms with Crippen LogP contribution >= 0.6 is 11.6 Å². The first-order chi connectivity index (χ1) is 8.65. The SMILES string of the molecule is O=C(O)c1cc(-c2cc(Cl)cc3c2OCO3)on1. The highest BCUT2D eigenvalue weighted by Crippen LogP contribution is 2.43. The van der Waals surface area contributed by atoms with Gasteiger partial charge in [0, 0.05) is 17.2 Å². The van der Waals surface area contributed by atoms with Crippen LogP contribution in [0.15, 0.2) is 22.7 Å². The number of nitrogens with zero attached hydrogens (tertiary/aromatic N) is 1. The zero-order valence-corrected chi connectivity index (χ0v) is 9.60. The second kappa shape index (κ2) is 3.92. The first kappa shape index (κ1) is 10.9. The van der Waals surface area contributed by atoms with E-state index in [1.807, 2.05) is 0 Å². The van der Waals surface area contributed by atoms with E-state index < -0.39 is 5.97 Å². The molecule has 1 aromatic carbocycles. The number of aromatic carboxylic acids is 1. The van der Waals surface area contributed by atoms with Crippen molar-refractivity contribution >= 4 is 17.6 Å². The molecule has 18 heavy (non-hydrogen) atoms. The molecule has 0 atom stereocenters. The lowest BCUT2D eigenvalue weighted by Crippen LogP contribution is -1.94. The molecule has 0 unspecified atom stereocenters. The molecule has 1 aromatic heterocycles. The molecule has 0 saturated carbocycles. The lowest BCUT2D eigenvalue weighted by atomic mass is 10.1. The predicted molar refractivity (Wildman–Crippen MR) is 60.0 cm³/mol. The first-order valence-corrected chi connectivity index (χ1v) is 5.32. The number of carboxylic acid groups (broad SMARTS) is 1. The third-order valence-corrected chi connectivity index (χ3v) is 2.65. The van der Waals surface area contributed by atoms with Gasteiger partial charge in [-0.3, -0.25) is 0 Å². The molecule has 7 heteroatoms. The van der Waals surface area contributed by atoms with Crippen molar-refractivity contribution in [1.29, 1.82) is 0 Å². The number of aromatic nitrogens is 1. The lowest BCUT2D eigenvalue weighted by molar-refractivity contribution is 0.0686. The standard InChI is InChI=1S/C11H6ClNO5/c12-5-1-6(10-9(2-5)16-4-17-10)8-3-7(11(14)15)13-18-8/h1-3H,4H2,(H,14,15). The number of fused-ring (bicyclic) bond motifs is 1. The monoisotopic (exact) mass is 267 g/mol. The molecule has 6 nitrogen and oxygen atoms in total. The van der Waals surface area contributed by atoms with Crippen LogP contribution in [0.5, 0.6) is 11.5 Å². The Morgan fingerprint density at radius 3 is 2.89 bits per heavy atom. The molecule has 1 aliphatic heterocycles. The van der Waals surface area contributed by atoms with Crippen LogP contribution in [0.3, 0.4) is 0 Å². The highest BCUT2D eigenvalue weighted by Gasteiger charge is 2.23. The third kappa shape index (κ3) is 1.67. The number of hydrogen-bond acceptors (Lipinski definition) is 5. The highest BCUT2D eigenvalue weighted by atomic mass is 35.5. The van der Waals surface area contributed by atoms with Crippen LogP contribution in [0.25, 0.3) is 11.3 Å². The van der Waals surface area contributed by atoms with E-state index >= 15 is 0 Å². The summed E-state index contributed by atoms with van der Waals surface area (Å²) >= 11 is 5.93. The number of carboxylic acids is 1. The molecule has 0 fully saturated rings. The summed E-state index contributed by atoms with van der Waals surface area (Å²) in [7, 11) is 0. The van der Waals surface area contributed by atoms with Gasteiger partial charge in [-0.2, -0.15) is 0 Å². The molecule has 0 aliphatic carbocycles. The van der Waals surface area contributed by atoms with Crippen molar-refractivity contribution in [3.63, 3.8) is 0 Å². The number of halogens is 1. The summed E-state index contributed by atoms with van der Waals surface area (Å²) in [6.07, 6.45) is 0. The Morgan fingerprint density at radius 2 is 2.17 bits per heavy atom. The number of hydrogen-bond donors (Lipinski definition) is 1. The second-order valence-electron chi connectivity index (χ2n) is 3.57. The Labute approximate surface area is 106 Å². The van der Waals surface area contributed by atoms with Crippen molar-refractivity contribution in [3.8, 4) is 22.8 Å². The van der Waals surface area contributed by atoms with Gasteiger partial charge >= 0.3 is 5.97 Å². The Morgan fingerprint density at radius 1 is 1.33 bits per heavy atom. The van der Waals surface area contributed by atoms with Gasteiger partial charge in [0.2, 0.25) is 6.79 Å². The van der Waals surface area contributed by atoms with Gasteiger partial charge in [-0.1, -0.05) is 16.8 Å². The minimum Gasteiger partial charge on any atom is -0.476 e. The number of carbonyl (C=O) groups is 1. The van der Waals surface area contributed by atoms with Gasteiger partial charge in [0.25, 0.3) is 0 Å². The maximum Gasteiger partial charge on any atom is 0.358 e. The summed E-state index contributed by atoms with van der Waals surface area (Å²) in [5.41, 5.74) is 0.327. The Bertz CT molecular complexity index is 636. The molecule has 0 bridgehead atoms. The van der Waals surface area contributed by atoms with Crippen molar-refractivity contribution in [1.82, 2.24) is 5.16 Å². The zero-order chi connectivity index (χ0) is 12.7. The fourth-order valence-electron chi connectivity index (χ4n) is 1.66. The molecule has 0 spiro atoms. The molecule has 2 heterocycles. The van der Waals surface area contributed by atoms with Gasteiger partial charge in [-0.15, -0.1) is 0 Å². The third-order valence-electron chi connectivity index (χ3n) is 2.43. The number of ether oxygens (including phenoxy) is 2. The Balaban J connectivity index is 2.13. The van der Waals surface area contributed by atoms with Gasteiger partial charge in [-0.25, -0.2) is 4.79 Å². The van der Waals surface area contributed by atoms with Crippen LogP contribution in [0.1, 0.15) is 10.5 Å². The van der Waals surface area contributed by atoms with E-state index in [0.29, 0.717) is 22.1 Å². The highest BCUT2D eigenvalue weighted by molar-refractivity contribution is 6.31. The fraction of sp³-hybridized carbons (Fsp3) is 0.0909. The normalized spacial score (nSPS) is 12.7. The van der Waals surface area contributed by atoms with Gasteiger partial charge < -0.3 is 19.1 Å². The van der Waals surface area contributed by atoms with Gasteiger partial charge in [-0.05, 0) is 6.07 Å². The van der Waals surface area contributed by atoms with Crippen LogP contribution in [-0.4, -0.2) is 23.0 Å². The smallest absolute Gasteiger partial charge is 0.358 e. The van der Waals surface area contributed by atoms with Crippen LogP contribution < -0.4 is 9.47 Å². The maximum atomic E-state index is 10.7. The number of benzene rings is 1. The molecule has 1 N–H and O–H groups in total. The summed E-state index contributed by atoms with van der Waals surface area (Å²) in [6.45, 7) is 0.0859.